The van der Waals surface area contributed by atoms with E-state index in [9.17, 15) is 4.79 Å². The number of benzene rings is 2. The number of carbonyl (C=O) groups is 1. The maximum atomic E-state index is 12.5. The molecule has 0 saturated carbocycles. The number of urea groups is 1. The maximum absolute atomic E-state index is 12.5. The Labute approximate surface area is 147 Å². The molecule has 0 spiro atoms. The topological polar surface area (TPSA) is 51.4 Å². The Morgan fingerprint density at radius 1 is 1.00 bits per heavy atom. The molecule has 0 aliphatic carbocycles. The summed E-state index contributed by atoms with van der Waals surface area (Å²) in [5, 5.41) is 4.26. The first-order valence-corrected chi connectivity index (χ1v) is 8.65. The van der Waals surface area contributed by atoms with Crippen molar-refractivity contribution in [2.45, 2.75) is 6.92 Å². The molecular formula is C20H22N4O. The van der Waals surface area contributed by atoms with E-state index in [-0.39, 0.29) is 6.03 Å². The number of piperazine rings is 1. The van der Waals surface area contributed by atoms with Crippen LogP contribution in [-0.4, -0.2) is 42.1 Å². The Kier molecular flexibility index (Phi) is 4.06. The summed E-state index contributed by atoms with van der Waals surface area (Å²) >= 11 is 0. The second kappa shape index (κ2) is 6.51. The van der Waals surface area contributed by atoms with Gasteiger partial charge in [-0.3, -0.25) is 0 Å². The molecule has 0 bridgehead atoms. The van der Waals surface area contributed by atoms with E-state index >= 15 is 0 Å². The number of anilines is 2. The van der Waals surface area contributed by atoms with E-state index in [2.05, 4.69) is 39.5 Å². The summed E-state index contributed by atoms with van der Waals surface area (Å²) in [6, 6.07) is 16.3. The predicted octanol–water partition coefficient (Wildman–Crippen LogP) is 3.83. The highest BCUT2D eigenvalue weighted by molar-refractivity contribution is 5.93. The second-order valence-corrected chi connectivity index (χ2v) is 6.44. The molecule has 4 rings (SSSR count). The predicted molar refractivity (Wildman–Crippen MR) is 102 cm³/mol. The molecule has 2 aromatic carbocycles. The van der Waals surface area contributed by atoms with Crippen LogP contribution in [0.3, 0.4) is 0 Å². The summed E-state index contributed by atoms with van der Waals surface area (Å²) in [6.07, 6.45) is 1.97. The average molecular weight is 334 g/mol. The lowest BCUT2D eigenvalue weighted by atomic mass is 10.1. The van der Waals surface area contributed by atoms with Gasteiger partial charge in [-0.1, -0.05) is 24.3 Å². The van der Waals surface area contributed by atoms with Crippen molar-refractivity contribution in [3.8, 4) is 0 Å². The van der Waals surface area contributed by atoms with Crippen molar-refractivity contribution >= 4 is 28.3 Å². The van der Waals surface area contributed by atoms with Crippen LogP contribution >= 0.6 is 0 Å². The van der Waals surface area contributed by atoms with Crippen LogP contribution < -0.4 is 10.2 Å². The molecule has 25 heavy (non-hydrogen) atoms. The number of nitrogens with one attached hydrogen (secondary N) is 2. The van der Waals surface area contributed by atoms with Crippen molar-refractivity contribution in [2.24, 2.45) is 0 Å². The lowest BCUT2D eigenvalue weighted by Crippen LogP contribution is -2.50. The van der Waals surface area contributed by atoms with Crippen LogP contribution in [0.5, 0.6) is 0 Å². The molecule has 0 unspecified atom stereocenters. The number of aromatic amines is 1. The highest BCUT2D eigenvalue weighted by Gasteiger charge is 2.22. The van der Waals surface area contributed by atoms with Gasteiger partial charge in [-0.2, -0.15) is 0 Å². The number of hydrogen-bond donors (Lipinski definition) is 2. The molecule has 0 radical (unpaired) electrons. The Bertz CT molecular complexity index is 893. The van der Waals surface area contributed by atoms with Crippen molar-refractivity contribution in [3.63, 3.8) is 0 Å². The highest BCUT2D eigenvalue weighted by atomic mass is 16.2. The maximum Gasteiger partial charge on any atom is 0.321 e. The average Bonchev–Trinajstić information content (AvgIpc) is 3.12. The van der Waals surface area contributed by atoms with Gasteiger partial charge in [0, 0.05) is 54.7 Å². The monoisotopic (exact) mass is 334 g/mol. The number of hydrogen-bond acceptors (Lipinski definition) is 2. The lowest BCUT2D eigenvalue weighted by molar-refractivity contribution is 0.208. The fraction of sp³-hybridized carbons (Fsp3) is 0.250. The molecule has 1 aliphatic rings. The van der Waals surface area contributed by atoms with Gasteiger partial charge in [0.05, 0.1) is 0 Å². The summed E-state index contributed by atoms with van der Waals surface area (Å²) in [5.41, 5.74) is 4.34. The van der Waals surface area contributed by atoms with Crippen molar-refractivity contribution in [1.82, 2.24) is 9.88 Å². The number of aryl methyl sites for hydroxylation is 1. The third-order valence-corrected chi connectivity index (χ3v) is 4.87. The largest absolute Gasteiger partial charge is 0.367 e. The number of amides is 2. The summed E-state index contributed by atoms with van der Waals surface area (Å²) < 4.78 is 0. The third-order valence-electron chi connectivity index (χ3n) is 4.87. The molecule has 1 aliphatic heterocycles. The molecule has 1 aromatic heterocycles. The molecule has 2 amide bonds. The molecule has 2 N–H and O–H groups in total. The minimum Gasteiger partial charge on any atom is -0.367 e. The van der Waals surface area contributed by atoms with E-state index in [1.807, 2.05) is 42.3 Å². The van der Waals surface area contributed by atoms with Crippen molar-refractivity contribution in [1.29, 1.82) is 0 Å². The van der Waals surface area contributed by atoms with E-state index in [0.717, 1.165) is 42.9 Å². The lowest BCUT2D eigenvalue weighted by Gasteiger charge is -2.36. The van der Waals surface area contributed by atoms with E-state index in [4.69, 9.17) is 0 Å². The van der Waals surface area contributed by atoms with Gasteiger partial charge in [-0.25, -0.2) is 4.79 Å². The van der Waals surface area contributed by atoms with Crippen LogP contribution in [-0.2, 0) is 0 Å². The number of H-pyrrole nitrogens is 1. The number of nitrogens with zero attached hydrogens (tertiary/aromatic N) is 2. The quantitative estimate of drug-likeness (QED) is 0.748. The van der Waals surface area contributed by atoms with Crippen LogP contribution in [0.1, 0.15) is 5.56 Å². The van der Waals surface area contributed by atoms with Gasteiger partial charge in [-0.05, 0) is 36.8 Å². The Hall–Kier alpha value is -2.95. The Morgan fingerprint density at radius 2 is 1.80 bits per heavy atom. The van der Waals surface area contributed by atoms with Crippen LogP contribution in [0.25, 0.3) is 10.9 Å². The van der Waals surface area contributed by atoms with E-state index < -0.39 is 0 Å². The van der Waals surface area contributed by atoms with Crippen molar-refractivity contribution in [2.75, 3.05) is 36.4 Å². The van der Waals surface area contributed by atoms with Crippen LogP contribution in [0.2, 0.25) is 0 Å². The van der Waals surface area contributed by atoms with E-state index in [1.165, 1.54) is 11.1 Å². The minimum atomic E-state index is -0.0196. The summed E-state index contributed by atoms with van der Waals surface area (Å²) in [7, 11) is 0. The van der Waals surface area contributed by atoms with Gasteiger partial charge in [0.1, 0.15) is 0 Å². The highest BCUT2D eigenvalue weighted by Crippen LogP contribution is 2.27. The second-order valence-electron chi connectivity index (χ2n) is 6.44. The molecule has 1 saturated heterocycles. The molecule has 5 nitrogen and oxygen atoms in total. The van der Waals surface area contributed by atoms with Crippen LogP contribution in [0, 0.1) is 6.92 Å². The third kappa shape index (κ3) is 3.05. The van der Waals surface area contributed by atoms with Crippen LogP contribution in [0.4, 0.5) is 16.2 Å². The van der Waals surface area contributed by atoms with Gasteiger partial charge in [0.25, 0.3) is 0 Å². The number of para-hydroxylation sites is 1. The molecular weight excluding hydrogens is 312 g/mol. The standard InChI is InChI=1S/C20H22N4O/c1-15-5-2-3-6-17(15)22-20(25)24-13-11-23(12-14-24)19-8-4-7-18-16(19)9-10-21-18/h2-10,21H,11-14H2,1H3,(H,22,25). The van der Waals surface area contributed by atoms with Crippen LogP contribution in [0.15, 0.2) is 54.7 Å². The first-order chi connectivity index (χ1) is 12.2. The van der Waals surface area contributed by atoms with Gasteiger partial charge in [0.2, 0.25) is 0 Å². The van der Waals surface area contributed by atoms with Gasteiger partial charge in [0.15, 0.2) is 0 Å². The molecule has 1 fully saturated rings. The minimum absolute atomic E-state index is 0.0196. The van der Waals surface area contributed by atoms with E-state index in [0.29, 0.717) is 0 Å². The van der Waals surface area contributed by atoms with E-state index in [1.54, 1.807) is 0 Å². The Morgan fingerprint density at radius 3 is 2.60 bits per heavy atom. The first-order valence-electron chi connectivity index (χ1n) is 8.65. The normalized spacial score (nSPS) is 14.8. The smallest absolute Gasteiger partial charge is 0.321 e. The molecule has 0 atom stereocenters. The number of rotatable bonds is 2. The molecule has 5 heteroatoms. The SMILES string of the molecule is Cc1ccccc1NC(=O)N1CCN(c2cccc3[nH]ccc23)CC1. The molecule has 2 heterocycles. The van der Waals surface area contributed by atoms with Gasteiger partial charge in [-0.15, -0.1) is 0 Å². The van der Waals surface area contributed by atoms with Crippen molar-refractivity contribution < 1.29 is 4.79 Å². The zero-order valence-electron chi connectivity index (χ0n) is 14.3. The summed E-state index contributed by atoms with van der Waals surface area (Å²) in [4.78, 5) is 20.0. The van der Waals surface area contributed by atoms with Gasteiger partial charge < -0.3 is 20.1 Å². The zero-order valence-corrected chi connectivity index (χ0v) is 14.3. The fourth-order valence-electron chi connectivity index (χ4n) is 3.40. The zero-order chi connectivity index (χ0) is 17.2. The fourth-order valence-corrected chi connectivity index (χ4v) is 3.40. The summed E-state index contributed by atoms with van der Waals surface area (Å²) in [5.74, 6) is 0. The molecule has 128 valence electrons. The molecule has 3 aromatic rings. The number of carbonyl (C=O) groups excluding carboxylic acids is 1. The van der Waals surface area contributed by atoms with Gasteiger partial charge >= 0.3 is 6.03 Å². The Balaban J connectivity index is 1.42. The first kappa shape index (κ1) is 15.6. The number of aromatic nitrogens is 1. The van der Waals surface area contributed by atoms with Crippen molar-refractivity contribution in [3.05, 3.63) is 60.3 Å². The number of fused-ring (bicyclic) bond motifs is 1. The summed E-state index contributed by atoms with van der Waals surface area (Å²) in [6.45, 7) is 5.12.